The number of nitrogens with zero attached hydrogens (tertiary/aromatic N) is 3. The summed E-state index contributed by atoms with van der Waals surface area (Å²) in [5.74, 6) is -0.369. The average molecular weight is 413 g/mol. The number of rotatable bonds is 3. The molecule has 0 atom stereocenters. The maximum Gasteiger partial charge on any atom is 0.336 e. The number of halogens is 1. The number of fused-ring (bicyclic) bond motifs is 3. The highest BCUT2D eigenvalue weighted by Crippen LogP contribution is 2.27. The van der Waals surface area contributed by atoms with Gasteiger partial charge < -0.3 is 4.57 Å². The van der Waals surface area contributed by atoms with Crippen LogP contribution < -0.4 is 11.2 Å². The molecular weight excluding hydrogens is 393 g/mol. The molecule has 3 aromatic carbocycles. The van der Waals surface area contributed by atoms with Gasteiger partial charge in [0, 0.05) is 12.4 Å². The van der Waals surface area contributed by atoms with E-state index >= 15 is 0 Å². The minimum absolute atomic E-state index is 0.146. The smallest absolute Gasteiger partial charge is 0.336 e. The van der Waals surface area contributed by atoms with E-state index in [2.05, 4.69) is 0 Å². The van der Waals surface area contributed by atoms with Gasteiger partial charge in [-0.25, -0.2) is 13.8 Å². The summed E-state index contributed by atoms with van der Waals surface area (Å²) in [5.41, 5.74) is 3.18. The van der Waals surface area contributed by atoms with Crippen molar-refractivity contribution in [1.82, 2.24) is 13.7 Å². The lowest BCUT2D eigenvalue weighted by Gasteiger charge is -2.13. The van der Waals surface area contributed by atoms with Crippen molar-refractivity contribution in [3.63, 3.8) is 0 Å². The Labute approximate surface area is 177 Å². The van der Waals surface area contributed by atoms with Crippen molar-refractivity contribution < 1.29 is 4.39 Å². The number of benzene rings is 3. The van der Waals surface area contributed by atoms with Crippen LogP contribution >= 0.6 is 0 Å². The number of para-hydroxylation sites is 1. The molecule has 0 aliphatic carbocycles. The standard InChI is InChI=1S/C25H20FN3O2/c1-16-11-12-21-20(13-16)22-23(27(21)2)24(30)29(19-9-4-3-5-10-19)25(31)28(22)15-17-7-6-8-18(26)14-17/h3-14H,15H2,1-2H3. The van der Waals surface area contributed by atoms with E-state index < -0.39 is 5.69 Å². The third kappa shape index (κ3) is 2.99. The SMILES string of the molecule is Cc1ccc2c(c1)c1c(c(=O)n(-c3ccccc3)c(=O)n1Cc1cccc(F)c1)n2C. The minimum Gasteiger partial charge on any atom is -0.338 e. The Morgan fingerprint density at radius 3 is 2.39 bits per heavy atom. The second kappa shape index (κ2) is 7.09. The molecular formula is C25H20FN3O2. The van der Waals surface area contributed by atoms with Crippen LogP contribution in [0, 0.1) is 12.7 Å². The van der Waals surface area contributed by atoms with E-state index in [-0.39, 0.29) is 17.9 Å². The Morgan fingerprint density at radius 2 is 1.65 bits per heavy atom. The summed E-state index contributed by atoms with van der Waals surface area (Å²) in [6.45, 7) is 2.12. The molecule has 0 fully saturated rings. The third-order valence-corrected chi connectivity index (χ3v) is 5.67. The van der Waals surface area contributed by atoms with Crippen molar-refractivity contribution in [2.75, 3.05) is 0 Å². The van der Waals surface area contributed by atoms with Gasteiger partial charge in [-0.3, -0.25) is 9.36 Å². The molecule has 0 amide bonds. The summed E-state index contributed by atoms with van der Waals surface area (Å²) in [7, 11) is 1.83. The molecule has 0 spiro atoms. The van der Waals surface area contributed by atoms with Crippen molar-refractivity contribution in [2.24, 2.45) is 7.05 Å². The fourth-order valence-corrected chi connectivity index (χ4v) is 4.24. The molecule has 6 heteroatoms. The molecule has 0 aliphatic rings. The van der Waals surface area contributed by atoms with Crippen LogP contribution in [0.5, 0.6) is 0 Å². The van der Waals surface area contributed by atoms with E-state index in [0.29, 0.717) is 22.3 Å². The molecule has 0 saturated heterocycles. The molecule has 5 nitrogen and oxygen atoms in total. The monoisotopic (exact) mass is 413 g/mol. The third-order valence-electron chi connectivity index (χ3n) is 5.67. The summed E-state index contributed by atoms with van der Waals surface area (Å²) in [4.78, 5) is 27.2. The molecule has 0 unspecified atom stereocenters. The number of aryl methyl sites for hydroxylation is 2. The van der Waals surface area contributed by atoms with Crippen molar-refractivity contribution in [1.29, 1.82) is 0 Å². The van der Waals surface area contributed by atoms with E-state index in [1.807, 2.05) is 42.8 Å². The predicted octanol–water partition coefficient (Wildman–Crippen LogP) is 4.14. The lowest BCUT2D eigenvalue weighted by molar-refractivity contribution is 0.622. The summed E-state index contributed by atoms with van der Waals surface area (Å²) >= 11 is 0. The van der Waals surface area contributed by atoms with Gasteiger partial charge in [0.1, 0.15) is 11.3 Å². The molecule has 2 aromatic heterocycles. The van der Waals surface area contributed by atoms with Crippen molar-refractivity contribution in [3.8, 4) is 5.69 Å². The Balaban J connectivity index is 1.96. The van der Waals surface area contributed by atoms with Gasteiger partial charge in [-0.15, -0.1) is 0 Å². The van der Waals surface area contributed by atoms with Gasteiger partial charge in [0.25, 0.3) is 5.56 Å². The van der Waals surface area contributed by atoms with Crippen LogP contribution in [0.25, 0.3) is 27.6 Å². The summed E-state index contributed by atoms with van der Waals surface area (Å²) in [6, 6.07) is 20.9. The van der Waals surface area contributed by atoms with Crippen LogP contribution in [-0.4, -0.2) is 13.7 Å². The predicted molar refractivity (Wildman–Crippen MR) is 121 cm³/mol. The van der Waals surface area contributed by atoms with E-state index in [1.165, 1.54) is 16.7 Å². The van der Waals surface area contributed by atoms with Crippen molar-refractivity contribution >= 4 is 21.9 Å². The highest BCUT2D eigenvalue weighted by atomic mass is 19.1. The topological polar surface area (TPSA) is 48.9 Å². The van der Waals surface area contributed by atoms with Gasteiger partial charge in [0.05, 0.1) is 23.3 Å². The Bertz CT molecular complexity index is 1580. The van der Waals surface area contributed by atoms with Gasteiger partial charge in [-0.05, 0) is 48.9 Å². The summed E-state index contributed by atoms with van der Waals surface area (Å²) in [6.07, 6.45) is 0. The lowest BCUT2D eigenvalue weighted by atomic mass is 10.1. The summed E-state index contributed by atoms with van der Waals surface area (Å²) < 4.78 is 18.4. The molecule has 0 bridgehead atoms. The maximum atomic E-state index is 13.9. The first-order valence-corrected chi connectivity index (χ1v) is 10.00. The second-order valence-electron chi connectivity index (χ2n) is 7.75. The van der Waals surface area contributed by atoms with Crippen LogP contribution in [0.2, 0.25) is 0 Å². The van der Waals surface area contributed by atoms with Crippen LogP contribution in [0.4, 0.5) is 4.39 Å². The van der Waals surface area contributed by atoms with Crippen molar-refractivity contribution in [3.05, 3.63) is 111 Å². The first kappa shape index (κ1) is 19.1. The van der Waals surface area contributed by atoms with Gasteiger partial charge in [0.15, 0.2) is 0 Å². The number of hydrogen-bond acceptors (Lipinski definition) is 2. The highest BCUT2D eigenvalue weighted by Gasteiger charge is 2.21. The van der Waals surface area contributed by atoms with Gasteiger partial charge in [-0.1, -0.05) is 42.0 Å². The Kier molecular flexibility index (Phi) is 4.36. The molecule has 2 heterocycles. The number of hydrogen-bond donors (Lipinski definition) is 0. The molecule has 0 radical (unpaired) electrons. The van der Waals surface area contributed by atoms with Crippen LogP contribution in [0.3, 0.4) is 0 Å². The summed E-state index contributed by atoms with van der Waals surface area (Å²) in [5, 5.41) is 0.823. The molecule has 0 N–H and O–H groups in total. The fourth-order valence-electron chi connectivity index (χ4n) is 4.24. The lowest BCUT2D eigenvalue weighted by Crippen LogP contribution is -2.39. The van der Waals surface area contributed by atoms with Gasteiger partial charge in [-0.2, -0.15) is 0 Å². The van der Waals surface area contributed by atoms with Crippen LogP contribution in [0.1, 0.15) is 11.1 Å². The van der Waals surface area contributed by atoms with E-state index in [4.69, 9.17) is 0 Å². The Hall–Kier alpha value is -3.93. The zero-order valence-electron chi connectivity index (χ0n) is 17.2. The first-order chi connectivity index (χ1) is 15.0. The van der Waals surface area contributed by atoms with Crippen LogP contribution in [-0.2, 0) is 13.6 Å². The zero-order valence-corrected chi connectivity index (χ0v) is 17.2. The van der Waals surface area contributed by atoms with E-state index in [0.717, 1.165) is 16.5 Å². The largest absolute Gasteiger partial charge is 0.338 e. The second-order valence-corrected chi connectivity index (χ2v) is 7.75. The van der Waals surface area contributed by atoms with Gasteiger partial charge in [0.2, 0.25) is 0 Å². The van der Waals surface area contributed by atoms with E-state index in [9.17, 15) is 14.0 Å². The molecule has 5 rings (SSSR count). The molecule has 0 aliphatic heterocycles. The highest BCUT2D eigenvalue weighted by molar-refractivity contribution is 6.06. The van der Waals surface area contributed by atoms with Gasteiger partial charge >= 0.3 is 5.69 Å². The maximum absolute atomic E-state index is 13.9. The molecule has 154 valence electrons. The Morgan fingerprint density at radius 1 is 0.871 bits per heavy atom. The van der Waals surface area contributed by atoms with Crippen molar-refractivity contribution in [2.45, 2.75) is 13.5 Å². The average Bonchev–Trinajstić information content (AvgIpc) is 3.04. The molecule has 31 heavy (non-hydrogen) atoms. The fraction of sp³-hybridized carbons (Fsp3) is 0.120. The molecule has 0 saturated carbocycles. The zero-order chi connectivity index (χ0) is 21.7. The molecule has 5 aromatic rings. The van der Waals surface area contributed by atoms with Crippen LogP contribution in [0.15, 0.2) is 82.4 Å². The first-order valence-electron chi connectivity index (χ1n) is 10.00. The normalized spacial score (nSPS) is 11.5. The number of aromatic nitrogens is 3. The quantitative estimate of drug-likeness (QED) is 0.446. The van der Waals surface area contributed by atoms with E-state index in [1.54, 1.807) is 41.0 Å². The minimum atomic E-state index is -0.457.